The van der Waals surface area contributed by atoms with Crippen LogP contribution in [0.25, 0.3) is 0 Å². The summed E-state index contributed by atoms with van der Waals surface area (Å²) in [6, 6.07) is 10.1. The number of amides is 1. The van der Waals surface area contributed by atoms with Crippen molar-refractivity contribution in [1.82, 2.24) is 4.90 Å². The van der Waals surface area contributed by atoms with Crippen LogP contribution in [0.4, 0.5) is 0 Å². The number of carbonyl (C=O) groups is 2. The van der Waals surface area contributed by atoms with Gasteiger partial charge in [0.2, 0.25) is 5.91 Å². The van der Waals surface area contributed by atoms with Crippen LogP contribution >= 0.6 is 0 Å². The average molecular weight is 355 g/mol. The summed E-state index contributed by atoms with van der Waals surface area (Å²) in [5.41, 5.74) is 0.545. The fourth-order valence-corrected chi connectivity index (χ4v) is 4.29. The molecule has 0 N–H and O–H groups in total. The SMILES string of the molecule is CC(C)COC(=O)[C@H]1[C@@H]2C=C[C@@]3(CN(CCc4ccccc4)C(=O)[C@H]13)O2. The van der Waals surface area contributed by atoms with E-state index in [-0.39, 0.29) is 23.9 Å². The van der Waals surface area contributed by atoms with Gasteiger partial charge in [-0.25, -0.2) is 0 Å². The van der Waals surface area contributed by atoms with Gasteiger partial charge in [0.15, 0.2) is 0 Å². The van der Waals surface area contributed by atoms with Gasteiger partial charge in [-0.1, -0.05) is 56.3 Å². The molecule has 0 unspecified atom stereocenters. The van der Waals surface area contributed by atoms with Crippen molar-refractivity contribution in [2.24, 2.45) is 17.8 Å². The second-order valence-electron chi connectivity index (χ2n) is 7.92. The van der Waals surface area contributed by atoms with Crippen molar-refractivity contribution in [1.29, 1.82) is 0 Å². The molecule has 2 saturated heterocycles. The summed E-state index contributed by atoms with van der Waals surface area (Å²) in [5.74, 6) is -0.997. The lowest BCUT2D eigenvalue weighted by atomic mass is 9.77. The van der Waals surface area contributed by atoms with Gasteiger partial charge in [-0.2, -0.15) is 0 Å². The third-order valence-electron chi connectivity index (χ3n) is 5.52. The molecule has 0 radical (unpaired) electrons. The van der Waals surface area contributed by atoms with Gasteiger partial charge in [-0.05, 0) is 17.9 Å². The quantitative estimate of drug-likeness (QED) is 0.580. The lowest BCUT2D eigenvalue weighted by Gasteiger charge is -2.23. The van der Waals surface area contributed by atoms with E-state index >= 15 is 0 Å². The minimum atomic E-state index is -0.653. The molecule has 5 nitrogen and oxygen atoms in total. The minimum Gasteiger partial charge on any atom is -0.465 e. The number of carbonyl (C=O) groups excluding carboxylic acids is 2. The maximum Gasteiger partial charge on any atom is 0.312 e. The molecule has 1 aromatic carbocycles. The number of benzene rings is 1. The molecule has 0 aromatic heterocycles. The number of likely N-dealkylation sites (tertiary alicyclic amines) is 1. The highest BCUT2D eigenvalue weighted by atomic mass is 16.6. The van der Waals surface area contributed by atoms with E-state index in [9.17, 15) is 9.59 Å². The summed E-state index contributed by atoms with van der Waals surface area (Å²) in [5, 5.41) is 0. The van der Waals surface area contributed by atoms with Gasteiger partial charge in [0.05, 0.1) is 25.2 Å². The van der Waals surface area contributed by atoms with E-state index in [4.69, 9.17) is 9.47 Å². The molecular weight excluding hydrogens is 330 g/mol. The van der Waals surface area contributed by atoms with E-state index in [1.165, 1.54) is 5.56 Å². The summed E-state index contributed by atoms with van der Waals surface area (Å²) in [4.78, 5) is 27.5. The molecule has 1 amide bonds. The highest BCUT2D eigenvalue weighted by molar-refractivity contribution is 5.91. The number of rotatable bonds is 6. The summed E-state index contributed by atoms with van der Waals surface area (Å²) in [6.07, 6.45) is 4.37. The van der Waals surface area contributed by atoms with Crippen LogP contribution in [-0.4, -0.2) is 48.2 Å². The largest absolute Gasteiger partial charge is 0.465 e. The van der Waals surface area contributed by atoms with Crippen LogP contribution in [0.15, 0.2) is 42.5 Å². The monoisotopic (exact) mass is 355 g/mol. The number of hydrogen-bond donors (Lipinski definition) is 0. The Hall–Kier alpha value is -2.14. The Morgan fingerprint density at radius 1 is 1.35 bits per heavy atom. The third-order valence-corrected chi connectivity index (χ3v) is 5.52. The van der Waals surface area contributed by atoms with Gasteiger partial charge < -0.3 is 14.4 Å². The van der Waals surface area contributed by atoms with Crippen LogP contribution in [0, 0.1) is 17.8 Å². The first-order valence-electron chi connectivity index (χ1n) is 9.37. The van der Waals surface area contributed by atoms with E-state index in [2.05, 4.69) is 12.1 Å². The Labute approximate surface area is 154 Å². The average Bonchev–Trinajstić information content (AvgIpc) is 3.27. The van der Waals surface area contributed by atoms with Crippen LogP contribution in [0.5, 0.6) is 0 Å². The van der Waals surface area contributed by atoms with E-state index in [0.29, 0.717) is 19.7 Å². The van der Waals surface area contributed by atoms with E-state index in [0.717, 1.165) is 6.42 Å². The first-order valence-corrected chi connectivity index (χ1v) is 9.37. The second kappa shape index (κ2) is 6.54. The lowest BCUT2D eigenvalue weighted by Crippen LogP contribution is -2.40. The molecular formula is C21H25NO4. The Morgan fingerprint density at radius 3 is 2.85 bits per heavy atom. The minimum absolute atomic E-state index is 0.0132. The zero-order valence-electron chi connectivity index (χ0n) is 15.3. The van der Waals surface area contributed by atoms with Gasteiger partial charge in [-0.15, -0.1) is 0 Å². The van der Waals surface area contributed by atoms with Crippen molar-refractivity contribution >= 4 is 11.9 Å². The van der Waals surface area contributed by atoms with Crippen molar-refractivity contribution in [3.63, 3.8) is 0 Å². The van der Waals surface area contributed by atoms with Crippen LogP contribution in [0.3, 0.4) is 0 Å². The molecule has 1 spiro atoms. The number of hydrogen-bond acceptors (Lipinski definition) is 4. The molecule has 3 aliphatic heterocycles. The number of fused-ring (bicyclic) bond motifs is 1. The molecule has 0 aliphatic carbocycles. The molecule has 0 saturated carbocycles. The standard InChI is InChI=1S/C21H25NO4/c1-14(2)12-25-20(24)17-16-8-10-21(26-16)13-22(19(23)18(17)21)11-9-15-6-4-3-5-7-15/h3-8,10,14,16-18H,9,11-13H2,1-2H3/t16-,17-,18-,21-/m0/s1. The van der Waals surface area contributed by atoms with E-state index in [1.54, 1.807) is 0 Å². The molecule has 26 heavy (non-hydrogen) atoms. The van der Waals surface area contributed by atoms with Crippen molar-refractivity contribution < 1.29 is 19.1 Å². The molecule has 4 atom stereocenters. The van der Waals surface area contributed by atoms with Crippen LogP contribution in [0.2, 0.25) is 0 Å². The smallest absolute Gasteiger partial charge is 0.312 e. The van der Waals surface area contributed by atoms with Gasteiger partial charge in [0, 0.05) is 6.54 Å². The Bertz CT molecular complexity index is 729. The van der Waals surface area contributed by atoms with Crippen molar-refractivity contribution in [2.45, 2.75) is 32.0 Å². The van der Waals surface area contributed by atoms with Crippen molar-refractivity contribution in [3.8, 4) is 0 Å². The van der Waals surface area contributed by atoms with Crippen LogP contribution < -0.4 is 0 Å². The normalized spacial score (nSPS) is 31.7. The summed E-state index contributed by atoms with van der Waals surface area (Å²) in [7, 11) is 0. The van der Waals surface area contributed by atoms with E-state index < -0.39 is 17.4 Å². The van der Waals surface area contributed by atoms with E-state index in [1.807, 2.05) is 49.1 Å². The zero-order valence-corrected chi connectivity index (χ0v) is 15.3. The number of ether oxygens (including phenoxy) is 2. The second-order valence-corrected chi connectivity index (χ2v) is 7.92. The van der Waals surface area contributed by atoms with Gasteiger partial charge in [-0.3, -0.25) is 9.59 Å². The topological polar surface area (TPSA) is 55.8 Å². The van der Waals surface area contributed by atoms with Crippen molar-refractivity contribution in [3.05, 3.63) is 48.0 Å². The Kier molecular flexibility index (Phi) is 4.35. The highest BCUT2D eigenvalue weighted by Gasteiger charge is 2.67. The lowest BCUT2D eigenvalue weighted by molar-refractivity contribution is -0.154. The molecule has 1 aromatic rings. The Morgan fingerprint density at radius 2 is 2.12 bits per heavy atom. The predicted octanol–water partition coefficient (Wildman–Crippen LogP) is 2.21. The molecule has 2 fully saturated rings. The molecule has 3 aliphatic rings. The van der Waals surface area contributed by atoms with Gasteiger partial charge in [0.1, 0.15) is 11.5 Å². The molecule has 4 rings (SSSR count). The van der Waals surface area contributed by atoms with Crippen molar-refractivity contribution in [2.75, 3.05) is 19.7 Å². The third kappa shape index (κ3) is 2.84. The fraction of sp³-hybridized carbons (Fsp3) is 0.524. The maximum absolute atomic E-state index is 13.1. The predicted molar refractivity (Wildman–Crippen MR) is 96.2 cm³/mol. The van der Waals surface area contributed by atoms with Crippen LogP contribution in [-0.2, 0) is 25.5 Å². The zero-order chi connectivity index (χ0) is 18.3. The Balaban J connectivity index is 1.47. The molecule has 138 valence electrons. The number of esters is 1. The first-order chi connectivity index (χ1) is 12.5. The molecule has 5 heteroatoms. The summed E-state index contributed by atoms with van der Waals surface area (Å²) >= 11 is 0. The van der Waals surface area contributed by atoms with Crippen LogP contribution in [0.1, 0.15) is 19.4 Å². The first kappa shape index (κ1) is 17.3. The fourth-order valence-electron chi connectivity index (χ4n) is 4.29. The summed E-state index contributed by atoms with van der Waals surface area (Å²) in [6.45, 7) is 5.52. The summed E-state index contributed by atoms with van der Waals surface area (Å²) < 4.78 is 11.5. The van der Waals surface area contributed by atoms with Gasteiger partial charge in [0.25, 0.3) is 0 Å². The highest BCUT2D eigenvalue weighted by Crippen LogP contribution is 2.52. The maximum atomic E-state index is 13.1. The molecule has 2 bridgehead atoms. The molecule has 3 heterocycles. The van der Waals surface area contributed by atoms with Gasteiger partial charge >= 0.3 is 5.97 Å². The number of nitrogens with zero attached hydrogens (tertiary/aromatic N) is 1.